The van der Waals surface area contributed by atoms with Crippen LogP contribution >= 0.6 is 11.6 Å². The number of benzene rings is 1. The first-order valence-corrected chi connectivity index (χ1v) is 6.81. The van der Waals surface area contributed by atoms with Crippen molar-refractivity contribution in [3.05, 3.63) is 52.1 Å². The van der Waals surface area contributed by atoms with Crippen molar-refractivity contribution < 1.29 is 9.50 Å². The summed E-state index contributed by atoms with van der Waals surface area (Å²) < 4.78 is 15.9. The highest BCUT2D eigenvalue weighted by Gasteiger charge is 2.25. The molecule has 1 atom stereocenters. The molecule has 0 aliphatic heterocycles. The second-order valence-electron chi connectivity index (χ2n) is 5.00. The summed E-state index contributed by atoms with van der Waals surface area (Å²) in [7, 11) is 0. The van der Waals surface area contributed by atoms with Crippen molar-refractivity contribution in [2.45, 2.75) is 32.3 Å². The summed E-state index contributed by atoms with van der Waals surface area (Å²) in [5.41, 5.74) is 3.17. The highest BCUT2D eigenvalue weighted by Crippen LogP contribution is 2.36. The van der Waals surface area contributed by atoms with Crippen LogP contribution in [-0.4, -0.2) is 9.67 Å². The van der Waals surface area contributed by atoms with Gasteiger partial charge in [-0.25, -0.2) is 4.39 Å². The second-order valence-corrected chi connectivity index (χ2v) is 5.41. The molecule has 2 aromatic rings. The number of rotatable bonds is 1. The Morgan fingerprint density at radius 1 is 1.42 bits per heavy atom. The number of hydrogen-bond acceptors (Lipinski definition) is 1. The number of aliphatic hydroxyl groups excluding tert-OH is 1. The Bertz CT molecular complexity index is 615. The summed E-state index contributed by atoms with van der Waals surface area (Å²) in [4.78, 5) is 0. The van der Waals surface area contributed by atoms with Crippen molar-refractivity contribution in [3.8, 4) is 5.69 Å². The molecule has 1 unspecified atom stereocenters. The van der Waals surface area contributed by atoms with Gasteiger partial charge in [-0.05, 0) is 44.4 Å². The van der Waals surface area contributed by atoms with Crippen molar-refractivity contribution in [1.29, 1.82) is 0 Å². The minimum Gasteiger partial charge on any atom is -0.388 e. The van der Waals surface area contributed by atoms with Crippen LogP contribution in [0, 0.1) is 12.7 Å². The van der Waals surface area contributed by atoms with Crippen LogP contribution in [0.3, 0.4) is 0 Å². The van der Waals surface area contributed by atoms with Crippen LogP contribution < -0.4 is 0 Å². The molecule has 1 aliphatic rings. The van der Waals surface area contributed by atoms with E-state index in [0.29, 0.717) is 10.7 Å². The quantitative estimate of drug-likeness (QED) is 0.840. The molecule has 1 aliphatic carbocycles. The maximum Gasteiger partial charge on any atom is 0.148 e. The number of hydrogen-bond donors (Lipinski definition) is 1. The van der Waals surface area contributed by atoms with E-state index in [4.69, 9.17) is 11.6 Å². The summed E-state index contributed by atoms with van der Waals surface area (Å²) in [6.07, 6.45) is 2.06. The van der Waals surface area contributed by atoms with E-state index in [1.807, 2.05) is 17.6 Å². The number of fused-ring (bicyclic) bond motifs is 1. The molecule has 0 fully saturated rings. The Hall–Kier alpha value is -1.32. The Morgan fingerprint density at radius 3 is 2.95 bits per heavy atom. The van der Waals surface area contributed by atoms with Crippen molar-refractivity contribution in [2.75, 3.05) is 0 Å². The highest BCUT2D eigenvalue weighted by atomic mass is 35.5. The predicted octanol–water partition coefficient (Wildman–Crippen LogP) is 3.95. The lowest BCUT2D eigenvalue weighted by Crippen LogP contribution is -2.12. The third kappa shape index (κ3) is 1.97. The van der Waals surface area contributed by atoms with Gasteiger partial charge in [0.05, 0.1) is 11.1 Å². The fourth-order valence-electron chi connectivity index (χ4n) is 2.89. The van der Waals surface area contributed by atoms with Gasteiger partial charge in [-0.1, -0.05) is 17.7 Å². The first-order valence-electron chi connectivity index (χ1n) is 6.43. The summed E-state index contributed by atoms with van der Waals surface area (Å²) in [5, 5.41) is 10.4. The molecule has 0 amide bonds. The average Bonchev–Trinajstić information content (AvgIpc) is 2.68. The molecular formula is C15H15ClFNO. The zero-order valence-corrected chi connectivity index (χ0v) is 11.4. The van der Waals surface area contributed by atoms with Gasteiger partial charge < -0.3 is 9.67 Å². The van der Waals surface area contributed by atoms with Crippen LogP contribution in [0.4, 0.5) is 4.39 Å². The lowest BCUT2D eigenvalue weighted by molar-refractivity contribution is 0.156. The topological polar surface area (TPSA) is 25.2 Å². The number of aryl methyl sites for hydroxylation is 1. The van der Waals surface area contributed by atoms with Crippen LogP contribution in [0.2, 0.25) is 5.02 Å². The molecule has 1 aromatic heterocycles. The Morgan fingerprint density at radius 2 is 2.21 bits per heavy atom. The van der Waals surface area contributed by atoms with E-state index >= 15 is 0 Å². The van der Waals surface area contributed by atoms with Gasteiger partial charge in [0.15, 0.2) is 0 Å². The van der Waals surface area contributed by atoms with Crippen LogP contribution in [0.15, 0.2) is 24.3 Å². The summed E-state index contributed by atoms with van der Waals surface area (Å²) in [6, 6.07) is 6.63. The summed E-state index contributed by atoms with van der Waals surface area (Å²) in [5.74, 6) is -0.339. The molecule has 1 heterocycles. The van der Waals surface area contributed by atoms with Gasteiger partial charge in [0, 0.05) is 17.0 Å². The normalized spacial score (nSPS) is 18.4. The first kappa shape index (κ1) is 12.7. The van der Waals surface area contributed by atoms with E-state index in [2.05, 4.69) is 0 Å². The van der Waals surface area contributed by atoms with E-state index in [9.17, 15) is 9.50 Å². The van der Waals surface area contributed by atoms with Gasteiger partial charge >= 0.3 is 0 Å². The minimum absolute atomic E-state index is 0.339. The molecule has 0 bridgehead atoms. The van der Waals surface area contributed by atoms with Gasteiger partial charge in [-0.2, -0.15) is 0 Å². The Balaban J connectivity index is 2.26. The van der Waals surface area contributed by atoms with E-state index in [-0.39, 0.29) is 5.82 Å². The lowest BCUT2D eigenvalue weighted by atomic mass is 9.95. The van der Waals surface area contributed by atoms with E-state index in [1.54, 1.807) is 12.1 Å². The molecule has 3 rings (SSSR count). The average molecular weight is 280 g/mol. The van der Waals surface area contributed by atoms with Crippen LogP contribution in [0.25, 0.3) is 5.69 Å². The Labute approximate surface area is 116 Å². The van der Waals surface area contributed by atoms with Crippen molar-refractivity contribution in [1.82, 2.24) is 4.57 Å². The molecule has 0 saturated carbocycles. The van der Waals surface area contributed by atoms with Crippen molar-refractivity contribution in [2.24, 2.45) is 0 Å². The standard InChI is InChI=1S/C15H15ClFNO/c1-9-8-10-13(6-3-7-14(10)19)18(9)15-11(16)4-2-5-12(15)17/h2,4-5,8,14,19H,3,6-7H2,1H3. The van der Waals surface area contributed by atoms with E-state index in [0.717, 1.165) is 36.2 Å². The minimum atomic E-state index is -0.450. The molecule has 0 spiro atoms. The smallest absolute Gasteiger partial charge is 0.148 e. The number of aliphatic hydroxyl groups is 1. The fourth-order valence-corrected chi connectivity index (χ4v) is 3.14. The molecule has 100 valence electrons. The lowest BCUT2D eigenvalue weighted by Gasteiger charge is -2.21. The second kappa shape index (κ2) is 4.66. The highest BCUT2D eigenvalue weighted by molar-refractivity contribution is 6.32. The van der Waals surface area contributed by atoms with Gasteiger partial charge in [-0.15, -0.1) is 0 Å². The van der Waals surface area contributed by atoms with Gasteiger partial charge in [0.25, 0.3) is 0 Å². The van der Waals surface area contributed by atoms with E-state index in [1.165, 1.54) is 6.07 Å². The number of nitrogens with zero attached hydrogens (tertiary/aromatic N) is 1. The fraction of sp³-hybridized carbons (Fsp3) is 0.333. The number of aromatic nitrogens is 1. The molecular weight excluding hydrogens is 265 g/mol. The van der Waals surface area contributed by atoms with Crippen LogP contribution in [-0.2, 0) is 6.42 Å². The molecule has 19 heavy (non-hydrogen) atoms. The maximum atomic E-state index is 14.1. The molecule has 0 saturated heterocycles. The van der Waals surface area contributed by atoms with Crippen LogP contribution in [0.5, 0.6) is 0 Å². The molecule has 2 nitrogen and oxygen atoms in total. The monoisotopic (exact) mass is 279 g/mol. The van der Waals surface area contributed by atoms with Gasteiger partial charge in [0.2, 0.25) is 0 Å². The van der Waals surface area contributed by atoms with Crippen LogP contribution in [0.1, 0.15) is 35.9 Å². The van der Waals surface area contributed by atoms with Crippen molar-refractivity contribution in [3.63, 3.8) is 0 Å². The summed E-state index contributed by atoms with van der Waals surface area (Å²) in [6.45, 7) is 1.91. The number of halogens is 2. The third-order valence-corrected chi connectivity index (χ3v) is 4.04. The van der Waals surface area contributed by atoms with Crippen molar-refractivity contribution >= 4 is 11.6 Å². The molecule has 1 aromatic carbocycles. The zero-order chi connectivity index (χ0) is 13.6. The number of para-hydroxylation sites is 1. The van der Waals surface area contributed by atoms with Gasteiger partial charge in [-0.3, -0.25) is 0 Å². The SMILES string of the molecule is Cc1cc2c(n1-c1c(F)cccc1Cl)CCCC2O. The predicted molar refractivity (Wildman–Crippen MR) is 73.4 cm³/mol. The molecule has 4 heteroatoms. The molecule has 1 N–H and O–H groups in total. The maximum absolute atomic E-state index is 14.1. The van der Waals surface area contributed by atoms with E-state index < -0.39 is 6.10 Å². The van der Waals surface area contributed by atoms with Gasteiger partial charge in [0.1, 0.15) is 11.5 Å². The summed E-state index contributed by atoms with van der Waals surface area (Å²) >= 11 is 6.15. The molecule has 0 radical (unpaired) electrons. The largest absolute Gasteiger partial charge is 0.388 e. The third-order valence-electron chi connectivity index (χ3n) is 3.73. The Kier molecular flexibility index (Phi) is 3.11. The zero-order valence-electron chi connectivity index (χ0n) is 10.7. The first-order chi connectivity index (χ1) is 9.09.